The van der Waals surface area contributed by atoms with Gasteiger partial charge in [0.15, 0.2) is 0 Å². The Balaban J connectivity index is 1.80. The molecule has 2 aromatic heterocycles. The summed E-state index contributed by atoms with van der Waals surface area (Å²) in [7, 11) is 0. The molecule has 0 saturated carbocycles. The normalized spacial score (nSPS) is 12.9. The smallest absolute Gasteiger partial charge is 0.106 e. The predicted molar refractivity (Wildman–Crippen MR) is 78.4 cm³/mol. The van der Waals surface area contributed by atoms with E-state index in [0.717, 1.165) is 28.3 Å². The summed E-state index contributed by atoms with van der Waals surface area (Å²) in [4.78, 5) is 5.57. The zero-order valence-electron chi connectivity index (χ0n) is 10.8. The van der Waals surface area contributed by atoms with Crippen molar-refractivity contribution in [2.45, 2.75) is 26.0 Å². The lowest BCUT2D eigenvalue weighted by Crippen LogP contribution is -2.05. The summed E-state index contributed by atoms with van der Waals surface area (Å²) < 4.78 is 2.17. The fraction of sp³-hybridized carbons (Fsp3) is 0.267. The minimum Gasteiger partial charge on any atom is -0.388 e. The van der Waals surface area contributed by atoms with E-state index in [1.54, 1.807) is 11.3 Å². The highest BCUT2D eigenvalue weighted by atomic mass is 32.1. The predicted octanol–water partition coefficient (Wildman–Crippen LogP) is 3.53. The Bertz CT molecular complexity index is 673. The van der Waals surface area contributed by atoms with Gasteiger partial charge in [0.2, 0.25) is 0 Å². The molecular weight excluding hydrogens is 256 g/mol. The van der Waals surface area contributed by atoms with Crippen molar-refractivity contribution in [1.82, 2.24) is 9.55 Å². The Hall–Kier alpha value is -1.65. The number of fused-ring (bicyclic) bond motifs is 1. The Morgan fingerprint density at radius 1 is 1.26 bits per heavy atom. The van der Waals surface area contributed by atoms with Gasteiger partial charge in [0.05, 0.1) is 17.1 Å². The monoisotopic (exact) mass is 272 g/mol. The first-order chi connectivity index (χ1) is 9.25. The third-order valence-electron chi connectivity index (χ3n) is 3.34. The Labute approximate surface area is 116 Å². The number of imidazole rings is 1. The zero-order chi connectivity index (χ0) is 13.2. The average Bonchev–Trinajstić information content (AvgIpc) is 3.03. The summed E-state index contributed by atoms with van der Waals surface area (Å²) in [5.41, 5.74) is 2.16. The molecule has 0 aliphatic rings. The number of nitrogens with zero attached hydrogens (tertiary/aromatic N) is 2. The molecule has 1 atom stereocenters. The number of aryl methyl sites for hydroxylation is 2. The van der Waals surface area contributed by atoms with Crippen molar-refractivity contribution in [3.05, 3.63) is 52.5 Å². The summed E-state index contributed by atoms with van der Waals surface area (Å²) in [5.74, 6) is 1.000. The molecule has 0 aliphatic heterocycles. The van der Waals surface area contributed by atoms with Crippen molar-refractivity contribution < 1.29 is 5.11 Å². The Morgan fingerprint density at radius 2 is 2.11 bits per heavy atom. The van der Waals surface area contributed by atoms with Crippen LogP contribution in [0.5, 0.6) is 0 Å². The number of para-hydroxylation sites is 2. The molecule has 3 aromatic rings. The van der Waals surface area contributed by atoms with Gasteiger partial charge in [-0.1, -0.05) is 18.2 Å². The van der Waals surface area contributed by atoms with Crippen molar-refractivity contribution in [2.24, 2.45) is 0 Å². The maximum absolute atomic E-state index is 10.1. The second kappa shape index (κ2) is 5.15. The van der Waals surface area contributed by atoms with E-state index in [9.17, 15) is 5.11 Å². The van der Waals surface area contributed by atoms with Crippen LogP contribution < -0.4 is 0 Å². The fourth-order valence-corrected chi connectivity index (χ4v) is 3.10. The minimum absolute atomic E-state index is 0.388. The number of hydrogen-bond acceptors (Lipinski definition) is 3. The lowest BCUT2D eigenvalue weighted by atomic mass is 10.2. The van der Waals surface area contributed by atoms with Crippen LogP contribution >= 0.6 is 11.3 Å². The third kappa shape index (κ3) is 2.41. The van der Waals surface area contributed by atoms with Crippen molar-refractivity contribution >= 4 is 22.4 Å². The molecule has 0 bridgehead atoms. The molecular formula is C15H16N2OS. The van der Waals surface area contributed by atoms with Gasteiger partial charge < -0.3 is 9.67 Å². The van der Waals surface area contributed by atoms with Crippen LogP contribution in [-0.2, 0) is 6.54 Å². The molecule has 19 heavy (non-hydrogen) atoms. The van der Waals surface area contributed by atoms with Crippen molar-refractivity contribution in [3.63, 3.8) is 0 Å². The third-order valence-corrected chi connectivity index (χ3v) is 4.32. The van der Waals surface area contributed by atoms with Gasteiger partial charge in [-0.15, -0.1) is 11.3 Å². The largest absolute Gasteiger partial charge is 0.388 e. The molecule has 1 unspecified atom stereocenters. The van der Waals surface area contributed by atoms with Crippen LogP contribution in [0.1, 0.15) is 23.2 Å². The number of benzene rings is 1. The molecule has 2 heterocycles. The fourth-order valence-electron chi connectivity index (χ4n) is 2.35. The molecule has 0 aliphatic carbocycles. The lowest BCUT2D eigenvalue weighted by molar-refractivity contribution is 0.165. The van der Waals surface area contributed by atoms with Gasteiger partial charge in [0.1, 0.15) is 5.82 Å². The van der Waals surface area contributed by atoms with Gasteiger partial charge in [0, 0.05) is 11.4 Å². The highest BCUT2D eigenvalue weighted by Crippen LogP contribution is 2.24. The van der Waals surface area contributed by atoms with E-state index in [-0.39, 0.29) is 6.10 Å². The van der Waals surface area contributed by atoms with E-state index in [1.807, 2.05) is 42.6 Å². The molecule has 0 spiro atoms. The number of hydrogen-bond donors (Lipinski definition) is 1. The zero-order valence-corrected chi connectivity index (χ0v) is 11.6. The van der Waals surface area contributed by atoms with Crippen LogP contribution in [-0.4, -0.2) is 14.7 Å². The molecule has 0 saturated heterocycles. The van der Waals surface area contributed by atoms with Crippen LogP contribution in [0.2, 0.25) is 0 Å². The molecule has 98 valence electrons. The molecule has 0 radical (unpaired) electrons. The van der Waals surface area contributed by atoms with Crippen LogP contribution in [0, 0.1) is 6.92 Å². The lowest BCUT2D eigenvalue weighted by Gasteiger charge is -2.11. The van der Waals surface area contributed by atoms with E-state index in [2.05, 4.69) is 15.6 Å². The first-order valence-electron chi connectivity index (χ1n) is 6.39. The summed E-state index contributed by atoms with van der Waals surface area (Å²) in [6, 6.07) is 12.1. The first kappa shape index (κ1) is 12.4. The van der Waals surface area contributed by atoms with E-state index in [1.165, 1.54) is 0 Å². The van der Waals surface area contributed by atoms with E-state index < -0.39 is 0 Å². The van der Waals surface area contributed by atoms with Crippen molar-refractivity contribution in [1.29, 1.82) is 0 Å². The summed E-state index contributed by atoms with van der Waals surface area (Å²) in [6.45, 7) is 2.79. The molecule has 1 N–H and O–H groups in total. The molecule has 4 heteroatoms. The first-order valence-corrected chi connectivity index (χ1v) is 7.27. The van der Waals surface area contributed by atoms with E-state index >= 15 is 0 Å². The van der Waals surface area contributed by atoms with Crippen LogP contribution in [0.3, 0.4) is 0 Å². The highest BCUT2D eigenvalue weighted by Gasteiger charge is 2.11. The maximum Gasteiger partial charge on any atom is 0.106 e. The van der Waals surface area contributed by atoms with E-state index in [4.69, 9.17) is 0 Å². The number of thiophene rings is 1. The van der Waals surface area contributed by atoms with Gasteiger partial charge >= 0.3 is 0 Å². The molecule has 3 nitrogen and oxygen atoms in total. The SMILES string of the molecule is Cc1nc2ccccc2n1CCC(O)c1cccs1. The van der Waals surface area contributed by atoms with Gasteiger partial charge in [-0.2, -0.15) is 0 Å². The quantitative estimate of drug-likeness (QED) is 0.789. The molecule has 0 fully saturated rings. The van der Waals surface area contributed by atoms with Gasteiger partial charge in [-0.05, 0) is 36.9 Å². The van der Waals surface area contributed by atoms with Crippen LogP contribution in [0.4, 0.5) is 0 Å². The number of aliphatic hydroxyl groups excluding tert-OH is 1. The van der Waals surface area contributed by atoms with Crippen LogP contribution in [0.25, 0.3) is 11.0 Å². The summed E-state index contributed by atoms with van der Waals surface area (Å²) in [6.07, 6.45) is 0.322. The Kier molecular flexibility index (Phi) is 3.36. The number of rotatable bonds is 4. The Morgan fingerprint density at radius 3 is 2.89 bits per heavy atom. The molecule has 3 rings (SSSR count). The summed E-state index contributed by atoms with van der Waals surface area (Å²) in [5, 5.41) is 12.1. The number of aliphatic hydroxyl groups is 1. The topological polar surface area (TPSA) is 38.0 Å². The van der Waals surface area contributed by atoms with Gasteiger partial charge in [-0.3, -0.25) is 0 Å². The standard InChI is InChI=1S/C15H16N2OS/c1-11-16-12-5-2-3-6-13(12)17(11)9-8-14(18)15-7-4-10-19-15/h2-7,10,14,18H,8-9H2,1H3. The summed E-state index contributed by atoms with van der Waals surface area (Å²) >= 11 is 1.60. The average molecular weight is 272 g/mol. The molecule has 0 amide bonds. The minimum atomic E-state index is -0.388. The highest BCUT2D eigenvalue weighted by molar-refractivity contribution is 7.10. The maximum atomic E-state index is 10.1. The number of aromatic nitrogens is 2. The van der Waals surface area contributed by atoms with Gasteiger partial charge in [-0.25, -0.2) is 4.98 Å². The van der Waals surface area contributed by atoms with Crippen molar-refractivity contribution in [2.75, 3.05) is 0 Å². The van der Waals surface area contributed by atoms with E-state index in [0.29, 0.717) is 6.42 Å². The second-order valence-electron chi connectivity index (χ2n) is 4.62. The van der Waals surface area contributed by atoms with Gasteiger partial charge in [0.25, 0.3) is 0 Å². The van der Waals surface area contributed by atoms with Crippen molar-refractivity contribution in [3.8, 4) is 0 Å². The molecule has 1 aromatic carbocycles. The van der Waals surface area contributed by atoms with Crippen LogP contribution in [0.15, 0.2) is 41.8 Å². The second-order valence-corrected chi connectivity index (χ2v) is 5.60.